The monoisotopic (exact) mass is 606 g/mol. The minimum atomic E-state index is 0.000698. The molecule has 0 aliphatic carbocycles. The average molecular weight is 607 g/mol. The highest BCUT2D eigenvalue weighted by Crippen LogP contribution is 2.36. The van der Waals surface area contributed by atoms with E-state index >= 15 is 0 Å². The van der Waals surface area contributed by atoms with E-state index in [0.717, 1.165) is 73.0 Å². The molecule has 8 nitrogen and oxygen atoms in total. The van der Waals surface area contributed by atoms with Crippen LogP contribution >= 0.6 is 11.6 Å². The van der Waals surface area contributed by atoms with Crippen molar-refractivity contribution < 1.29 is 9.53 Å². The Bertz CT molecular complexity index is 1700. The molecule has 1 amide bonds. The molecule has 2 aromatic heterocycles. The van der Waals surface area contributed by atoms with Gasteiger partial charge in [0.15, 0.2) is 0 Å². The minimum absolute atomic E-state index is 0.000698. The summed E-state index contributed by atoms with van der Waals surface area (Å²) in [5.41, 5.74) is 6.49. The molecule has 3 aromatic carbocycles. The van der Waals surface area contributed by atoms with E-state index < -0.39 is 0 Å². The third-order valence-corrected chi connectivity index (χ3v) is 8.21. The van der Waals surface area contributed by atoms with E-state index in [2.05, 4.69) is 50.4 Å². The molecular weight excluding hydrogens is 572 g/mol. The van der Waals surface area contributed by atoms with Crippen molar-refractivity contribution in [1.29, 1.82) is 0 Å². The summed E-state index contributed by atoms with van der Waals surface area (Å²) >= 11 is 6.30. The predicted molar refractivity (Wildman–Crippen MR) is 175 cm³/mol. The van der Waals surface area contributed by atoms with Gasteiger partial charge in [0.25, 0.3) is 0 Å². The summed E-state index contributed by atoms with van der Waals surface area (Å²) in [6, 6.07) is 27.9. The van der Waals surface area contributed by atoms with Crippen LogP contribution in [0.15, 0.2) is 104 Å². The molecular formula is C35H35ClN6O2. The fraction of sp³-hybridized carbons (Fsp3) is 0.229. The fourth-order valence-electron chi connectivity index (χ4n) is 5.49. The minimum Gasteiger partial charge on any atom is -0.495 e. The number of rotatable bonds is 10. The van der Waals surface area contributed by atoms with Crippen LogP contribution in [0.1, 0.15) is 12.0 Å². The molecule has 1 aliphatic heterocycles. The van der Waals surface area contributed by atoms with Crippen LogP contribution in [0.4, 0.5) is 5.69 Å². The first kappa shape index (κ1) is 29.6. The molecule has 0 unspecified atom stereocenters. The zero-order valence-electron chi connectivity index (χ0n) is 24.7. The Labute approximate surface area is 262 Å². The van der Waals surface area contributed by atoms with Gasteiger partial charge >= 0.3 is 0 Å². The number of piperazine rings is 1. The molecule has 5 aromatic rings. The number of benzene rings is 3. The number of anilines is 1. The molecule has 0 spiro atoms. The number of ether oxygens (including phenoxy) is 1. The number of halogens is 1. The van der Waals surface area contributed by atoms with Gasteiger partial charge in [-0.15, -0.1) is 0 Å². The van der Waals surface area contributed by atoms with Crippen LogP contribution in [0.5, 0.6) is 5.75 Å². The zero-order valence-corrected chi connectivity index (χ0v) is 25.5. The number of amides is 1. The Morgan fingerprint density at radius 2 is 1.66 bits per heavy atom. The normalized spacial score (nSPS) is 14.0. The van der Waals surface area contributed by atoms with Crippen molar-refractivity contribution in [2.24, 2.45) is 0 Å². The number of hydrogen-bond acceptors (Lipinski definition) is 6. The van der Waals surface area contributed by atoms with Gasteiger partial charge in [-0.05, 0) is 53.6 Å². The molecule has 1 aliphatic rings. The molecule has 3 heterocycles. The Morgan fingerprint density at radius 3 is 2.43 bits per heavy atom. The zero-order chi connectivity index (χ0) is 30.3. The predicted octanol–water partition coefficient (Wildman–Crippen LogP) is 6.41. The maximum Gasteiger partial charge on any atom is 0.225 e. The van der Waals surface area contributed by atoms with Crippen molar-refractivity contribution in [1.82, 2.24) is 24.6 Å². The quantitative estimate of drug-likeness (QED) is 0.198. The lowest BCUT2D eigenvalue weighted by molar-refractivity contribution is -0.116. The maximum atomic E-state index is 12.9. The number of aromatic nitrogens is 3. The first-order chi connectivity index (χ1) is 21.6. The molecule has 0 atom stereocenters. The third kappa shape index (κ3) is 7.17. The molecule has 44 heavy (non-hydrogen) atoms. The largest absolute Gasteiger partial charge is 0.495 e. The van der Waals surface area contributed by atoms with Gasteiger partial charge in [-0.3, -0.25) is 14.7 Å². The van der Waals surface area contributed by atoms with Crippen molar-refractivity contribution in [2.75, 3.05) is 45.2 Å². The first-order valence-electron chi connectivity index (χ1n) is 14.8. The Kier molecular flexibility index (Phi) is 9.31. The molecule has 224 valence electrons. The summed E-state index contributed by atoms with van der Waals surface area (Å²) < 4.78 is 7.29. The maximum absolute atomic E-state index is 12.9. The van der Waals surface area contributed by atoms with Gasteiger partial charge in [0.1, 0.15) is 11.4 Å². The summed E-state index contributed by atoms with van der Waals surface area (Å²) in [5, 5.41) is 8.58. The van der Waals surface area contributed by atoms with Gasteiger partial charge in [0, 0.05) is 81.1 Å². The highest BCUT2D eigenvalue weighted by molar-refractivity contribution is 6.32. The SMILES string of the molecule is COc1cc(-c2nn(-c3cccc(NC(=O)CCN4CCN(Cc5ccccc5)CC4)c3)cc2-c2ccncc2)ccc1Cl. The van der Waals surface area contributed by atoms with E-state index in [0.29, 0.717) is 17.2 Å². The second-order valence-electron chi connectivity index (χ2n) is 10.9. The van der Waals surface area contributed by atoms with Crippen molar-refractivity contribution in [3.05, 3.63) is 114 Å². The van der Waals surface area contributed by atoms with Crippen LogP contribution in [-0.4, -0.2) is 70.3 Å². The fourth-order valence-corrected chi connectivity index (χ4v) is 5.69. The van der Waals surface area contributed by atoms with Gasteiger partial charge in [0.05, 0.1) is 17.8 Å². The second kappa shape index (κ2) is 13.9. The van der Waals surface area contributed by atoms with Gasteiger partial charge in [-0.1, -0.05) is 54.1 Å². The van der Waals surface area contributed by atoms with Crippen LogP contribution in [0, 0.1) is 0 Å². The Hall–Kier alpha value is -4.50. The average Bonchev–Trinajstić information content (AvgIpc) is 3.51. The molecule has 0 radical (unpaired) electrons. The van der Waals surface area contributed by atoms with Crippen LogP contribution < -0.4 is 10.1 Å². The van der Waals surface area contributed by atoms with E-state index in [4.69, 9.17) is 21.4 Å². The molecule has 1 fully saturated rings. The van der Waals surface area contributed by atoms with E-state index in [1.807, 2.05) is 65.5 Å². The summed E-state index contributed by atoms with van der Waals surface area (Å²) in [7, 11) is 1.60. The lowest BCUT2D eigenvalue weighted by atomic mass is 10.0. The molecule has 9 heteroatoms. The van der Waals surface area contributed by atoms with Gasteiger partial charge in [-0.2, -0.15) is 5.10 Å². The number of methoxy groups -OCH3 is 1. The van der Waals surface area contributed by atoms with Gasteiger partial charge < -0.3 is 15.0 Å². The number of nitrogens with one attached hydrogen (secondary N) is 1. The number of hydrogen-bond donors (Lipinski definition) is 1. The van der Waals surface area contributed by atoms with Crippen LogP contribution in [0.25, 0.3) is 28.1 Å². The van der Waals surface area contributed by atoms with E-state index in [9.17, 15) is 4.79 Å². The highest BCUT2D eigenvalue weighted by atomic mass is 35.5. The Morgan fingerprint density at radius 1 is 0.886 bits per heavy atom. The van der Waals surface area contributed by atoms with Crippen molar-refractivity contribution in [3.8, 4) is 33.8 Å². The van der Waals surface area contributed by atoms with Crippen LogP contribution in [-0.2, 0) is 11.3 Å². The van der Waals surface area contributed by atoms with Crippen molar-refractivity contribution in [3.63, 3.8) is 0 Å². The standard InChI is InChI=1S/C35H35ClN6O2/c1-44-33-22-28(10-11-32(33)36)35-31(27-12-15-37-16-13-27)25-42(39-35)30-9-5-8-29(23-30)38-34(43)14-17-40-18-20-41(21-19-40)24-26-6-3-2-4-7-26/h2-13,15-16,22-23,25H,14,17-21,24H2,1H3,(H,38,43). The number of pyridine rings is 1. The lowest BCUT2D eigenvalue weighted by Crippen LogP contribution is -2.46. The molecule has 1 N–H and O–H groups in total. The van der Waals surface area contributed by atoms with E-state index in [1.54, 1.807) is 19.5 Å². The smallest absolute Gasteiger partial charge is 0.225 e. The van der Waals surface area contributed by atoms with Crippen molar-refractivity contribution in [2.45, 2.75) is 13.0 Å². The third-order valence-electron chi connectivity index (χ3n) is 7.89. The highest BCUT2D eigenvalue weighted by Gasteiger charge is 2.19. The first-order valence-corrected chi connectivity index (χ1v) is 15.2. The lowest BCUT2D eigenvalue weighted by Gasteiger charge is -2.34. The van der Waals surface area contributed by atoms with Crippen LogP contribution in [0.2, 0.25) is 5.02 Å². The number of carbonyl (C=O) groups excluding carboxylic acids is 1. The Balaban J connectivity index is 1.11. The van der Waals surface area contributed by atoms with Crippen LogP contribution in [0.3, 0.4) is 0 Å². The van der Waals surface area contributed by atoms with Gasteiger partial charge in [0.2, 0.25) is 5.91 Å². The van der Waals surface area contributed by atoms with Crippen molar-refractivity contribution >= 4 is 23.2 Å². The number of carbonyl (C=O) groups is 1. The topological polar surface area (TPSA) is 75.5 Å². The van der Waals surface area contributed by atoms with Gasteiger partial charge in [-0.25, -0.2) is 4.68 Å². The molecule has 1 saturated heterocycles. The second-order valence-corrected chi connectivity index (χ2v) is 11.3. The summed E-state index contributed by atoms with van der Waals surface area (Å²) in [6.45, 7) is 5.67. The summed E-state index contributed by atoms with van der Waals surface area (Å²) in [6.07, 6.45) is 5.96. The summed E-state index contributed by atoms with van der Waals surface area (Å²) in [5.74, 6) is 0.582. The van der Waals surface area contributed by atoms with E-state index in [1.165, 1.54) is 5.56 Å². The summed E-state index contributed by atoms with van der Waals surface area (Å²) in [4.78, 5) is 21.9. The number of nitrogens with zero attached hydrogens (tertiary/aromatic N) is 5. The molecule has 6 rings (SSSR count). The molecule has 0 saturated carbocycles. The molecule has 0 bridgehead atoms. The van der Waals surface area contributed by atoms with E-state index in [-0.39, 0.29) is 5.91 Å².